The summed E-state index contributed by atoms with van der Waals surface area (Å²) < 4.78 is 34.2. The first kappa shape index (κ1) is 45.0. The Labute approximate surface area is 283 Å². The second kappa shape index (κ2) is 31.3. The van der Waals surface area contributed by atoms with E-state index in [9.17, 15) is 14.3 Å². The molecule has 46 heavy (non-hydrogen) atoms. The molecular formula is C37H72NO7P. The highest BCUT2D eigenvalue weighted by molar-refractivity contribution is 7.45. The Hall–Kier alpha value is -1.02. The first-order valence-corrected chi connectivity index (χ1v) is 20.0. The molecule has 0 aromatic heterocycles. The van der Waals surface area contributed by atoms with Gasteiger partial charge in [-0.25, -0.2) is 0 Å². The van der Waals surface area contributed by atoms with Crippen molar-refractivity contribution in [1.29, 1.82) is 0 Å². The van der Waals surface area contributed by atoms with E-state index >= 15 is 0 Å². The molecule has 0 aliphatic rings. The van der Waals surface area contributed by atoms with Gasteiger partial charge in [-0.3, -0.25) is 9.36 Å². The number of quaternary nitrogens is 1. The summed E-state index contributed by atoms with van der Waals surface area (Å²) in [7, 11) is 1.35. The van der Waals surface area contributed by atoms with Crippen molar-refractivity contribution < 1.29 is 37.3 Å². The van der Waals surface area contributed by atoms with Gasteiger partial charge in [-0.2, -0.15) is 0 Å². The zero-order chi connectivity index (χ0) is 34.2. The molecule has 0 fully saturated rings. The van der Waals surface area contributed by atoms with Crippen molar-refractivity contribution in [1.82, 2.24) is 0 Å². The Morgan fingerprint density at radius 1 is 0.674 bits per heavy atom. The van der Waals surface area contributed by atoms with E-state index in [2.05, 4.69) is 38.2 Å². The van der Waals surface area contributed by atoms with E-state index < -0.39 is 13.9 Å². The number of carbonyl (C=O) groups is 1. The minimum Gasteiger partial charge on any atom is -0.756 e. The normalized spacial score (nSPS) is 14.3. The van der Waals surface area contributed by atoms with Gasteiger partial charge in [0.2, 0.25) is 0 Å². The molecule has 0 radical (unpaired) electrons. The maximum atomic E-state index is 12.5. The first-order valence-electron chi connectivity index (χ1n) is 18.6. The number of likely N-dealkylation sites (N-methyl/N-ethyl adjacent to an activating group) is 1. The van der Waals surface area contributed by atoms with Crippen LogP contribution in [0.15, 0.2) is 24.3 Å². The van der Waals surface area contributed by atoms with Crippen LogP contribution in [-0.4, -0.2) is 70.7 Å². The Morgan fingerprint density at radius 3 is 1.78 bits per heavy atom. The van der Waals surface area contributed by atoms with Crippen LogP contribution in [0.25, 0.3) is 0 Å². The van der Waals surface area contributed by atoms with Crippen molar-refractivity contribution in [3.63, 3.8) is 0 Å². The molecule has 0 aromatic carbocycles. The summed E-state index contributed by atoms with van der Waals surface area (Å²) in [5.41, 5.74) is 0. The number of nitrogens with zero attached hydrogens (tertiary/aromatic N) is 1. The van der Waals surface area contributed by atoms with Crippen LogP contribution < -0.4 is 4.89 Å². The average Bonchev–Trinajstić information content (AvgIpc) is 2.99. The lowest BCUT2D eigenvalue weighted by Gasteiger charge is -2.28. The van der Waals surface area contributed by atoms with E-state index in [0.29, 0.717) is 24.1 Å². The van der Waals surface area contributed by atoms with Crippen LogP contribution in [0.4, 0.5) is 0 Å². The van der Waals surface area contributed by atoms with Gasteiger partial charge in [0.05, 0.1) is 34.4 Å². The molecular weight excluding hydrogens is 601 g/mol. The van der Waals surface area contributed by atoms with Gasteiger partial charge in [0.1, 0.15) is 19.3 Å². The Bertz CT molecular complexity index is 797. The predicted molar refractivity (Wildman–Crippen MR) is 190 cm³/mol. The van der Waals surface area contributed by atoms with E-state index in [1.807, 2.05) is 21.1 Å². The maximum absolute atomic E-state index is 12.5. The number of carbonyl (C=O) groups excluding carboxylic acids is 1. The number of unbranched alkanes of at least 4 members (excludes halogenated alkanes) is 16. The molecule has 2 atom stereocenters. The number of esters is 1. The highest BCUT2D eigenvalue weighted by Gasteiger charge is 2.20. The van der Waals surface area contributed by atoms with Crippen LogP contribution in [0.1, 0.15) is 149 Å². The number of hydrogen-bond acceptors (Lipinski definition) is 7. The van der Waals surface area contributed by atoms with E-state index in [1.54, 1.807) is 0 Å². The molecule has 0 bridgehead atoms. The molecule has 0 rings (SSSR count). The molecule has 2 unspecified atom stereocenters. The van der Waals surface area contributed by atoms with Gasteiger partial charge < -0.3 is 27.9 Å². The summed E-state index contributed by atoms with van der Waals surface area (Å²) in [6.07, 6.45) is 32.0. The number of allylic oxidation sites excluding steroid dienone is 4. The zero-order valence-electron chi connectivity index (χ0n) is 30.5. The maximum Gasteiger partial charge on any atom is 0.306 e. The largest absolute Gasteiger partial charge is 0.756 e. The molecule has 9 heteroatoms. The minimum atomic E-state index is -4.51. The molecule has 0 aliphatic carbocycles. The lowest BCUT2D eigenvalue weighted by Crippen LogP contribution is -2.37. The van der Waals surface area contributed by atoms with Crippen LogP contribution in [0.3, 0.4) is 0 Å². The number of hydrogen-bond donors (Lipinski definition) is 0. The van der Waals surface area contributed by atoms with Crippen LogP contribution in [-0.2, 0) is 27.9 Å². The highest BCUT2D eigenvalue weighted by Crippen LogP contribution is 2.38. The van der Waals surface area contributed by atoms with E-state index in [4.69, 9.17) is 18.5 Å². The molecule has 0 amide bonds. The van der Waals surface area contributed by atoms with Crippen LogP contribution >= 0.6 is 7.82 Å². The molecule has 0 saturated carbocycles. The van der Waals surface area contributed by atoms with Crippen LogP contribution in [0, 0.1) is 0 Å². The van der Waals surface area contributed by atoms with Crippen molar-refractivity contribution in [2.75, 3.05) is 54.1 Å². The third kappa shape index (κ3) is 34.3. The standard InChI is InChI=1S/C37H72NO7P/c1-6-8-10-12-14-15-16-17-18-19-20-21-22-23-24-25-26-28-30-37(39)45-36(34-42-32-29-27-13-11-9-7-2)35-44-46(40,41)43-33-31-38(3,4)5/h15-16,18-19,36H,6-14,17,20-35H2,1-5H3/b16-15-,19-18-. The Balaban J connectivity index is 4.18. The van der Waals surface area contributed by atoms with Gasteiger partial charge >= 0.3 is 5.97 Å². The van der Waals surface area contributed by atoms with Gasteiger partial charge in [-0.15, -0.1) is 0 Å². The fourth-order valence-electron chi connectivity index (χ4n) is 4.81. The molecule has 0 N–H and O–H groups in total. The lowest BCUT2D eigenvalue weighted by molar-refractivity contribution is -0.870. The average molecular weight is 674 g/mol. The number of rotatable bonds is 34. The minimum absolute atomic E-state index is 0.0253. The predicted octanol–water partition coefficient (Wildman–Crippen LogP) is 9.47. The fraction of sp³-hybridized carbons (Fsp3) is 0.865. The van der Waals surface area contributed by atoms with Gasteiger partial charge in [-0.1, -0.05) is 122 Å². The molecule has 0 aromatic rings. The highest BCUT2D eigenvalue weighted by atomic mass is 31.2. The summed E-state index contributed by atoms with van der Waals surface area (Å²) >= 11 is 0. The lowest BCUT2D eigenvalue weighted by atomic mass is 10.1. The van der Waals surface area contributed by atoms with Crippen LogP contribution in [0.2, 0.25) is 0 Å². The van der Waals surface area contributed by atoms with Crippen molar-refractivity contribution >= 4 is 13.8 Å². The summed E-state index contributed by atoms with van der Waals surface area (Å²) in [6.45, 7) is 5.33. The third-order valence-corrected chi connectivity index (χ3v) is 8.72. The van der Waals surface area contributed by atoms with Gasteiger partial charge in [0.25, 0.3) is 7.82 Å². The van der Waals surface area contributed by atoms with Crippen molar-refractivity contribution in [2.24, 2.45) is 0 Å². The second-order valence-electron chi connectivity index (χ2n) is 13.6. The molecule has 0 heterocycles. The second-order valence-corrected chi connectivity index (χ2v) is 15.0. The summed E-state index contributed by atoms with van der Waals surface area (Å²) in [5, 5.41) is 0. The number of phosphoric ester groups is 1. The molecule has 272 valence electrons. The van der Waals surface area contributed by atoms with Gasteiger partial charge in [0, 0.05) is 13.0 Å². The first-order chi connectivity index (χ1) is 22.1. The van der Waals surface area contributed by atoms with Crippen molar-refractivity contribution in [2.45, 2.75) is 155 Å². The van der Waals surface area contributed by atoms with E-state index in [1.165, 1.54) is 83.5 Å². The summed E-state index contributed by atoms with van der Waals surface area (Å²) in [5.74, 6) is -0.346. The smallest absolute Gasteiger partial charge is 0.306 e. The van der Waals surface area contributed by atoms with E-state index in [-0.39, 0.29) is 25.8 Å². The monoisotopic (exact) mass is 674 g/mol. The summed E-state index contributed by atoms with van der Waals surface area (Å²) in [6, 6.07) is 0. The Kier molecular flexibility index (Phi) is 30.6. The van der Waals surface area contributed by atoms with Crippen molar-refractivity contribution in [3.8, 4) is 0 Å². The third-order valence-electron chi connectivity index (χ3n) is 7.76. The number of ether oxygens (including phenoxy) is 2. The van der Waals surface area contributed by atoms with Crippen LogP contribution in [0.5, 0.6) is 0 Å². The molecule has 0 saturated heterocycles. The fourth-order valence-corrected chi connectivity index (χ4v) is 5.54. The molecule has 0 aliphatic heterocycles. The Morgan fingerprint density at radius 2 is 1.20 bits per heavy atom. The van der Waals surface area contributed by atoms with Gasteiger partial charge in [-0.05, 0) is 44.9 Å². The molecule has 0 spiro atoms. The SMILES string of the molecule is CCCCCC/C=C\C/C=C\CCCCCCCCCC(=O)OC(COCCCCCCCC)COP(=O)([O-])OCC[N+](C)(C)C. The van der Waals surface area contributed by atoms with Gasteiger partial charge in [0.15, 0.2) is 0 Å². The number of phosphoric acid groups is 1. The molecule has 8 nitrogen and oxygen atoms in total. The van der Waals surface area contributed by atoms with E-state index in [0.717, 1.165) is 44.9 Å². The quantitative estimate of drug-likeness (QED) is 0.0221. The zero-order valence-corrected chi connectivity index (χ0v) is 31.4. The topological polar surface area (TPSA) is 94.1 Å². The van der Waals surface area contributed by atoms with Crippen molar-refractivity contribution in [3.05, 3.63) is 24.3 Å². The summed E-state index contributed by atoms with van der Waals surface area (Å²) in [4.78, 5) is 24.8.